The fourth-order valence-corrected chi connectivity index (χ4v) is 4.10. The molecule has 0 bridgehead atoms. The van der Waals surface area contributed by atoms with Crippen molar-refractivity contribution in [2.24, 2.45) is 0 Å². The molecule has 4 rings (SSSR count). The summed E-state index contributed by atoms with van der Waals surface area (Å²) in [6.45, 7) is 7.65. The average Bonchev–Trinajstić information content (AvgIpc) is 3.22. The van der Waals surface area contributed by atoms with E-state index in [1.165, 1.54) is 17.8 Å². The molecule has 1 amide bonds. The zero-order valence-corrected chi connectivity index (χ0v) is 19.3. The smallest absolute Gasteiger partial charge is 0.261 e. The van der Waals surface area contributed by atoms with Gasteiger partial charge in [-0.25, -0.2) is 8.79 Å². The average molecular weight is 476 g/mol. The lowest BCUT2D eigenvalue weighted by Gasteiger charge is -2.29. The largest absolute Gasteiger partial charge is 0.378 e. The van der Waals surface area contributed by atoms with E-state index in [-0.39, 0.29) is 17.5 Å². The van der Waals surface area contributed by atoms with E-state index in [0.29, 0.717) is 73.6 Å². The summed E-state index contributed by atoms with van der Waals surface area (Å²) < 4.78 is 21.6. The summed E-state index contributed by atoms with van der Waals surface area (Å²) in [5.41, 5.74) is 0.904. The Morgan fingerprint density at radius 2 is 1.94 bits per heavy atom. The molecule has 33 heavy (non-hydrogen) atoms. The number of halogens is 1. The fourth-order valence-electron chi connectivity index (χ4n) is 3.37. The van der Waals surface area contributed by atoms with Gasteiger partial charge in [-0.05, 0) is 32.0 Å². The van der Waals surface area contributed by atoms with Crippen LogP contribution in [0.15, 0.2) is 23.4 Å². The minimum absolute atomic E-state index is 0.0636. The number of hydrogen-bond donors (Lipinski definition) is 3. The highest BCUT2D eigenvalue weighted by atomic mass is 32.2. The maximum absolute atomic E-state index is 14.6. The Morgan fingerprint density at radius 1 is 1.15 bits per heavy atom. The molecule has 1 aliphatic heterocycles. The van der Waals surface area contributed by atoms with Gasteiger partial charge in [0.1, 0.15) is 5.82 Å². The normalized spacial score (nSPS) is 13.8. The van der Waals surface area contributed by atoms with Gasteiger partial charge < -0.3 is 25.6 Å². The Balaban J connectivity index is 1.42. The van der Waals surface area contributed by atoms with Gasteiger partial charge >= 0.3 is 0 Å². The topological polar surface area (TPSA) is 122 Å². The summed E-state index contributed by atoms with van der Waals surface area (Å²) in [7, 11) is 0. The van der Waals surface area contributed by atoms with Gasteiger partial charge in [-0.1, -0.05) is 11.8 Å². The predicted octanol–water partition coefficient (Wildman–Crippen LogP) is 2.09. The van der Waals surface area contributed by atoms with Crippen molar-refractivity contribution in [2.75, 3.05) is 66.0 Å². The molecule has 1 aliphatic rings. The molecule has 0 radical (unpaired) electrons. The van der Waals surface area contributed by atoms with Gasteiger partial charge in [-0.3, -0.25) is 4.79 Å². The summed E-state index contributed by atoms with van der Waals surface area (Å²) in [4.78, 5) is 23.2. The molecule has 0 atom stereocenters. The Morgan fingerprint density at radius 3 is 2.67 bits per heavy atom. The van der Waals surface area contributed by atoms with Crippen molar-refractivity contribution in [3.63, 3.8) is 0 Å². The number of nitrogens with one attached hydrogen (secondary N) is 3. The first-order valence-corrected chi connectivity index (χ1v) is 11.7. The second kappa shape index (κ2) is 10.6. The van der Waals surface area contributed by atoms with Gasteiger partial charge in [0.25, 0.3) is 5.78 Å². The fraction of sp³-hybridized carbons (Fsp3) is 0.450. The van der Waals surface area contributed by atoms with Crippen molar-refractivity contribution in [3.8, 4) is 0 Å². The van der Waals surface area contributed by atoms with Crippen molar-refractivity contribution < 1.29 is 13.9 Å². The van der Waals surface area contributed by atoms with Crippen molar-refractivity contribution in [1.29, 1.82) is 0 Å². The zero-order chi connectivity index (χ0) is 23.2. The molecule has 3 aromatic rings. The van der Waals surface area contributed by atoms with Crippen molar-refractivity contribution >= 4 is 46.7 Å². The number of anilines is 4. The third-order valence-corrected chi connectivity index (χ3v) is 5.76. The van der Waals surface area contributed by atoms with Gasteiger partial charge in [-0.2, -0.15) is 9.97 Å². The predicted molar refractivity (Wildman–Crippen MR) is 126 cm³/mol. The highest BCUT2D eigenvalue weighted by Gasteiger charge is 2.18. The number of nitrogens with zero attached hydrogens (tertiary/aromatic N) is 6. The molecular weight excluding hydrogens is 449 g/mol. The Bertz CT molecular complexity index is 1120. The first kappa shape index (κ1) is 23.0. The molecule has 0 saturated carbocycles. The lowest BCUT2D eigenvalue weighted by Crippen LogP contribution is -2.36. The molecule has 3 heterocycles. The number of aromatic nitrogens is 5. The number of benzene rings is 1. The molecule has 0 aliphatic carbocycles. The standard InChI is InChI=1S/C20H26FN9O2S/c1-3-22-17-25-18(23-4-2)30-19(26-17)27-28-20(30)33-12-16(31)24-13-5-6-15(14(21)11-13)29-7-9-32-10-8-29/h5-6,11H,3-4,7-10,12H2,1-2H3,(H,24,31)(H2,22,23,25,26,27). The maximum Gasteiger partial charge on any atom is 0.261 e. The van der Waals surface area contributed by atoms with E-state index in [9.17, 15) is 9.18 Å². The quantitative estimate of drug-likeness (QED) is 0.397. The second-order valence-corrected chi connectivity index (χ2v) is 8.09. The Labute approximate surface area is 194 Å². The number of ether oxygens (including phenoxy) is 1. The third kappa shape index (κ3) is 5.42. The van der Waals surface area contributed by atoms with E-state index < -0.39 is 0 Å². The second-order valence-electron chi connectivity index (χ2n) is 7.15. The van der Waals surface area contributed by atoms with Crippen LogP contribution in [0, 0.1) is 5.82 Å². The first-order valence-electron chi connectivity index (χ1n) is 10.7. The molecule has 3 N–H and O–H groups in total. The monoisotopic (exact) mass is 475 g/mol. The SMILES string of the molecule is CCNc1nc(NCC)n2c(SCC(=O)Nc3ccc(N4CCOCC4)c(F)c3)nnc2n1. The molecule has 13 heteroatoms. The number of rotatable bonds is 9. The van der Waals surface area contributed by atoms with Crippen LogP contribution in [0.5, 0.6) is 0 Å². The van der Waals surface area contributed by atoms with Crippen molar-refractivity contribution in [1.82, 2.24) is 24.6 Å². The van der Waals surface area contributed by atoms with Crippen LogP contribution in [0.4, 0.5) is 27.7 Å². The summed E-state index contributed by atoms with van der Waals surface area (Å²) in [6.07, 6.45) is 0. The van der Waals surface area contributed by atoms with E-state index in [2.05, 4.69) is 36.1 Å². The number of amides is 1. The maximum atomic E-state index is 14.6. The number of thioether (sulfide) groups is 1. The number of hydrogen-bond acceptors (Lipinski definition) is 10. The van der Waals surface area contributed by atoms with Gasteiger partial charge in [0.05, 0.1) is 24.7 Å². The first-order chi connectivity index (χ1) is 16.1. The molecule has 1 saturated heterocycles. The van der Waals surface area contributed by atoms with E-state index in [1.54, 1.807) is 16.5 Å². The molecule has 0 spiro atoms. The third-order valence-electron chi connectivity index (χ3n) is 4.83. The highest BCUT2D eigenvalue weighted by Crippen LogP contribution is 2.25. The summed E-state index contributed by atoms with van der Waals surface area (Å²) in [5.74, 6) is 0.756. The van der Waals surface area contributed by atoms with E-state index in [0.717, 1.165) is 0 Å². The Hall–Kier alpha value is -3.19. The van der Waals surface area contributed by atoms with Crippen LogP contribution in [-0.4, -0.2) is 75.6 Å². The van der Waals surface area contributed by atoms with Crippen LogP contribution < -0.4 is 20.9 Å². The van der Waals surface area contributed by atoms with Gasteiger partial charge in [-0.15, -0.1) is 10.2 Å². The molecule has 1 fully saturated rings. The van der Waals surface area contributed by atoms with Crippen LogP contribution in [0.25, 0.3) is 5.78 Å². The van der Waals surface area contributed by atoms with Crippen molar-refractivity contribution in [2.45, 2.75) is 19.0 Å². The van der Waals surface area contributed by atoms with Gasteiger partial charge in [0.15, 0.2) is 5.16 Å². The van der Waals surface area contributed by atoms with Crippen LogP contribution in [0.1, 0.15) is 13.8 Å². The molecule has 2 aromatic heterocycles. The summed E-state index contributed by atoms with van der Waals surface area (Å²) in [6, 6.07) is 4.71. The minimum Gasteiger partial charge on any atom is -0.378 e. The van der Waals surface area contributed by atoms with Crippen LogP contribution >= 0.6 is 11.8 Å². The van der Waals surface area contributed by atoms with E-state index in [4.69, 9.17) is 4.74 Å². The number of carbonyl (C=O) groups is 1. The molecule has 1 aromatic carbocycles. The molecule has 11 nitrogen and oxygen atoms in total. The van der Waals surface area contributed by atoms with Gasteiger partial charge in [0.2, 0.25) is 17.8 Å². The van der Waals surface area contributed by atoms with Crippen LogP contribution in [-0.2, 0) is 9.53 Å². The van der Waals surface area contributed by atoms with E-state index in [1.807, 2.05) is 18.7 Å². The Kier molecular flexibility index (Phi) is 7.40. The number of fused-ring (bicyclic) bond motifs is 1. The van der Waals surface area contributed by atoms with Crippen LogP contribution in [0.2, 0.25) is 0 Å². The molecular formula is C20H26FN9O2S. The highest BCUT2D eigenvalue weighted by molar-refractivity contribution is 7.99. The van der Waals surface area contributed by atoms with Gasteiger partial charge in [0, 0.05) is 31.9 Å². The van der Waals surface area contributed by atoms with E-state index >= 15 is 0 Å². The van der Waals surface area contributed by atoms with Crippen LogP contribution in [0.3, 0.4) is 0 Å². The summed E-state index contributed by atoms with van der Waals surface area (Å²) >= 11 is 1.19. The lowest BCUT2D eigenvalue weighted by atomic mass is 10.2. The van der Waals surface area contributed by atoms with Crippen molar-refractivity contribution in [3.05, 3.63) is 24.0 Å². The zero-order valence-electron chi connectivity index (χ0n) is 18.5. The number of morpholine rings is 1. The lowest BCUT2D eigenvalue weighted by molar-refractivity contribution is -0.113. The molecule has 0 unspecified atom stereocenters. The number of carbonyl (C=O) groups excluding carboxylic acids is 1. The molecule has 176 valence electrons. The summed E-state index contributed by atoms with van der Waals surface area (Å²) in [5, 5.41) is 17.7. The minimum atomic E-state index is -0.380.